The number of tetrazole rings is 1. The van der Waals surface area contributed by atoms with E-state index in [1.54, 1.807) is 17.1 Å². The van der Waals surface area contributed by atoms with E-state index in [0.29, 0.717) is 12.4 Å². The average Bonchev–Trinajstić information content (AvgIpc) is 2.92. The largest absolute Gasteiger partial charge is 0.326 e. The van der Waals surface area contributed by atoms with Crippen molar-refractivity contribution in [3.05, 3.63) is 41.4 Å². The second-order valence-electron chi connectivity index (χ2n) is 6.59. The molecule has 112 valence electrons. The Morgan fingerprint density at radius 1 is 1.36 bits per heavy atom. The maximum absolute atomic E-state index is 12.8. The second kappa shape index (κ2) is 4.46. The monoisotopic (exact) mass is 296 g/mol. The lowest BCUT2D eigenvalue weighted by Gasteiger charge is -2.37. The van der Waals surface area contributed by atoms with Gasteiger partial charge in [0.15, 0.2) is 5.78 Å². The minimum Gasteiger partial charge on any atom is -0.326 e. The first kappa shape index (κ1) is 13.1. The molecule has 0 saturated carbocycles. The maximum Gasteiger partial charge on any atom is 0.248 e. The number of allylic oxidation sites excluding steroid dienone is 2. The molecule has 0 spiro atoms. The lowest BCUT2D eigenvalue weighted by atomic mass is 9.73. The number of carbonyl (C=O) groups excluding carboxylic acids is 1. The predicted octanol–water partition coefficient (Wildman–Crippen LogP) is 1.73. The van der Waals surface area contributed by atoms with Crippen LogP contribution in [0.4, 0.5) is 5.95 Å². The van der Waals surface area contributed by atoms with Crippen LogP contribution in [-0.4, -0.2) is 31.0 Å². The van der Waals surface area contributed by atoms with Gasteiger partial charge >= 0.3 is 0 Å². The summed E-state index contributed by atoms with van der Waals surface area (Å²) in [7, 11) is 0. The lowest BCUT2D eigenvalue weighted by molar-refractivity contribution is -0.118. The highest BCUT2D eigenvalue weighted by molar-refractivity contribution is 6.00. The van der Waals surface area contributed by atoms with Gasteiger partial charge in [0.1, 0.15) is 6.04 Å². The summed E-state index contributed by atoms with van der Waals surface area (Å²) in [4.78, 5) is 16.9. The fourth-order valence-corrected chi connectivity index (χ4v) is 3.32. The molecular weight excluding hydrogens is 280 g/mol. The number of ketones is 1. The van der Waals surface area contributed by atoms with Crippen molar-refractivity contribution < 1.29 is 4.79 Å². The van der Waals surface area contributed by atoms with Crippen LogP contribution in [0.2, 0.25) is 0 Å². The summed E-state index contributed by atoms with van der Waals surface area (Å²) < 4.78 is 1.66. The van der Waals surface area contributed by atoms with Crippen LogP contribution in [0.25, 0.3) is 0 Å². The zero-order chi connectivity index (χ0) is 15.3. The number of carbonyl (C=O) groups is 1. The molecule has 0 fully saturated rings. The Morgan fingerprint density at radius 2 is 2.23 bits per heavy atom. The van der Waals surface area contributed by atoms with Gasteiger partial charge in [-0.25, -0.2) is 0 Å². The lowest BCUT2D eigenvalue weighted by Crippen LogP contribution is -2.36. The van der Waals surface area contributed by atoms with Gasteiger partial charge in [0.05, 0.1) is 0 Å². The van der Waals surface area contributed by atoms with Gasteiger partial charge in [-0.1, -0.05) is 25.0 Å². The summed E-state index contributed by atoms with van der Waals surface area (Å²) in [5, 5.41) is 15.0. The molecule has 1 aliphatic carbocycles. The molecule has 1 aliphatic heterocycles. The molecule has 1 atom stereocenters. The van der Waals surface area contributed by atoms with Crippen molar-refractivity contribution in [3.63, 3.8) is 0 Å². The van der Waals surface area contributed by atoms with Crippen LogP contribution in [0.3, 0.4) is 0 Å². The number of Topliss-reactive ketones (excluding diaryl/α,β-unsaturated/α-hetero) is 1. The van der Waals surface area contributed by atoms with Crippen molar-refractivity contribution in [1.29, 1.82) is 0 Å². The number of anilines is 1. The molecule has 22 heavy (non-hydrogen) atoms. The Morgan fingerprint density at radius 3 is 3.00 bits per heavy atom. The zero-order valence-corrected chi connectivity index (χ0v) is 12.4. The summed E-state index contributed by atoms with van der Waals surface area (Å²) in [6.45, 7) is 4.21. The minimum absolute atomic E-state index is 0.0575. The Hall–Kier alpha value is -2.57. The fraction of sp³-hybridized carbons (Fsp3) is 0.400. The number of pyridine rings is 1. The number of hydrogen-bond acceptors (Lipinski definition) is 6. The molecule has 0 aromatic carbocycles. The number of hydrogen-bond donors (Lipinski definition) is 1. The Bertz CT molecular complexity index is 776. The van der Waals surface area contributed by atoms with E-state index < -0.39 is 0 Å². The van der Waals surface area contributed by atoms with Gasteiger partial charge in [-0.15, -0.1) is 0 Å². The van der Waals surface area contributed by atoms with E-state index in [0.717, 1.165) is 23.3 Å². The number of rotatable bonds is 1. The van der Waals surface area contributed by atoms with Crippen LogP contribution >= 0.6 is 0 Å². The van der Waals surface area contributed by atoms with E-state index in [4.69, 9.17) is 0 Å². The van der Waals surface area contributed by atoms with E-state index in [1.807, 2.05) is 12.1 Å². The van der Waals surface area contributed by atoms with Gasteiger partial charge in [-0.3, -0.25) is 9.78 Å². The van der Waals surface area contributed by atoms with E-state index in [2.05, 4.69) is 39.7 Å². The van der Waals surface area contributed by atoms with E-state index in [1.165, 1.54) is 0 Å². The van der Waals surface area contributed by atoms with Gasteiger partial charge in [-0.2, -0.15) is 4.68 Å². The quantitative estimate of drug-likeness (QED) is 0.862. The second-order valence-corrected chi connectivity index (χ2v) is 6.59. The normalized spacial score (nSPS) is 22.8. The molecule has 2 aromatic heterocycles. The number of nitrogens with zero attached hydrogens (tertiary/aromatic N) is 5. The summed E-state index contributed by atoms with van der Waals surface area (Å²) >= 11 is 0. The third-order valence-electron chi connectivity index (χ3n) is 4.19. The van der Waals surface area contributed by atoms with Gasteiger partial charge in [-0.05, 0) is 33.9 Å². The van der Waals surface area contributed by atoms with Crippen LogP contribution in [0.5, 0.6) is 0 Å². The molecular formula is C15H16N6O. The van der Waals surface area contributed by atoms with E-state index >= 15 is 0 Å². The highest BCUT2D eigenvalue weighted by Crippen LogP contribution is 2.44. The molecule has 0 amide bonds. The smallest absolute Gasteiger partial charge is 0.248 e. The first-order valence-electron chi connectivity index (χ1n) is 7.26. The summed E-state index contributed by atoms with van der Waals surface area (Å²) in [6.07, 6.45) is 4.81. The van der Waals surface area contributed by atoms with Crippen molar-refractivity contribution in [2.45, 2.75) is 32.7 Å². The van der Waals surface area contributed by atoms with Crippen LogP contribution in [0, 0.1) is 5.41 Å². The predicted molar refractivity (Wildman–Crippen MR) is 78.9 cm³/mol. The van der Waals surface area contributed by atoms with Crippen LogP contribution in [0.15, 0.2) is 35.8 Å². The zero-order valence-electron chi connectivity index (χ0n) is 12.4. The van der Waals surface area contributed by atoms with Crippen LogP contribution in [-0.2, 0) is 4.79 Å². The van der Waals surface area contributed by atoms with Crippen molar-refractivity contribution in [2.24, 2.45) is 5.41 Å². The molecule has 1 unspecified atom stereocenters. The highest BCUT2D eigenvalue weighted by atomic mass is 16.1. The summed E-state index contributed by atoms with van der Waals surface area (Å²) in [5.41, 5.74) is 2.54. The van der Waals surface area contributed by atoms with Crippen molar-refractivity contribution in [1.82, 2.24) is 25.2 Å². The van der Waals surface area contributed by atoms with Crippen LogP contribution in [0.1, 0.15) is 38.3 Å². The van der Waals surface area contributed by atoms with Gasteiger partial charge in [0.25, 0.3) is 0 Å². The molecule has 3 heterocycles. The van der Waals surface area contributed by atoms with E-state index in [9.17, 15) is 4.79 Å². The fourth-order valence-electron chi connectivity index (χ4n) is 3.32. The van der Waals surface area contributed by atoms with E-state index in [-0.39, 0.29) is 17.2 Å². The molecule has 7 heteroatoms. The van der Waals surface area contributed by atoms with Crippen molar-refractivity contribution >= 4 is 11.7 Å². The molecule has 0 saturated heterocycles. The molecule has 0 bridgehead atoms. The molecule has 2 aliphatic rings. The van der Waals surface area contributed by atoms with Gasteiger partial charge < -0.3 is 5.32 Å². The first-order chi connectivity index (χ1) is 10.6. The summed E-state index contributed by atoms with van der Waals surface area (Å²) in [6, 6.07) is 3.50. The molecule has 2 aromatic rings. The Labute approximate surface area is 127 Å². The average molecular weight is 296 g/mol. The highest BCUT2D eigenvalue weighted by Gasteiger charge is 2.41. The molecule has 1 N–H and O–H groups in total. The topological polar surface area (TPSA) is 85.6 Å². The standard InChI is InChI=1S/C15H16N6O/c1-15(2)6-10-12(11(22)7-15)13(9-4-3-5-16-8-9)21-14(17-10)18-19-20-21/h3-5,8,13H,6-7H2,1-2H3,(H,17,18,20). The third kappa shape index (κ3) is 1.93. The minimum atomic E-state index is -0.307. The van der Waals surface area contributed by atoms with Crippen molar-refractivity contribution in [3.8, 4) is 0 Å². The van der Waals surface area contributed by atoms with Crippen molar-refractivity contribution in [2.75, 3.05) is 5.32 Å². The number of fused-ring (bicyclic) bond motifs is 1. The molecule has 4 rings (SSSR count). The number of aromatic nitrogens is 5. The SMILES string of the molecule is CC1(C)CC(=O)C2=C(C1)Nc1nnnn1C2c1cccnc1. The maximum atomic E-state index is 12.8. The first-order valence-corrected chi connectivity index (χ1v) is 7.26. The van der Waals surface area contributed by atoms with Gasteiger partial charge in [0.2, 0.25) is 5.95 Å². The number of nitrogens with one attached hydrogen (secondary N) is 1. The Kier molecular flexibility index (Phi) is 2.66. The van der Waals surface area contributed by atoms with Crippen LogP contribution < -0.4 is 5.32 Å². The summed E-state index contributed by atoms with van der Waals surface area (Å²) in [5.74, 6) is 0.715. The van der Waals surface area contributed by atoms with Gasteiger partial charge in [0, 0.05) is 30.1 Å². The Balaban J connectivity index is 1.91. The molecule has 0 radical (unpaired) electrons. The third-order valence-corrected chi connectivity index (χ3v) is 4.19. The molecule has 7 nitrogen and oxygen atoms in total.